The Morgan fingerprint density at radius 2 is 1.58 bits per heavy atom. The number of hydrogen-bond donors (Lipinski definition) is 1. The van der Waals surface area contributed by atoms with E-state index in [1.165, 1.54) is 12.1 Å². The van der Waals surface area contributed by atoms with Crippen molar-refractivity contribution in [2.45, 2.75) is 20.8 Å². The maximum Gasteiger partial charge on any atom is 0.347 e. The summed E-state index contributed by atoms with van der Waals surface area (Å²) in [5.41, 5.74) is 1.03. The number of carbonyl (C=O) groups is 1. The molecule has 2 rings (SSSR count). The monoisotopic (exact) mass is 258 g/mol. The first kappa shape index (κ1) is 14.8. The summed E-state index contributed by atoms with van der Waals surface area (Å²) in [4.78, 5) is 11.8. The molecule has 0 unspecified atom stereocenters. The van der Waals surface area contributed by atoms with E-state index < -0.39 is 5.97 Å². The summed E-state index contributed by atoms with van der Waals surface area (Å²) in [5.74, 6) is -0.135. The second-order valence-electron chi connectivity index (χ2n) is 3.67. The zero-order valence-corrected chi connectivity index (χ0v) is 11.4. The molecule has 3 heteroatoms. The Morgan fingerprint density at radius 1 is 1.00 bits per heavy atom. The van der Waals surface area contributed by atoms with Gasteiger partial charge < -0.3 is 9.84 Å². The fourth-order valence-corrected chi connectivity index (χ4v) is 1.47. The Labute approximate surface area is 113 Å². The van der Waals surface area contributed by atoms with Gasteiger partial charge in [0.05, 0.1) is 0 Å². The third-order valence-electron chi connectivity index (χ3n) is 2.42. The topological polar surface area (TPSA) is 46.5 Å². The average Bonchev–Trinajstić information content (AvgIpc) is 2.44. The van der Waals surface area contributed by atoms with Crippen molar-refractivity contribution in [2.75, 3.05) is 0 Å². The Kier molecular flexibility index (Phi) is 5.61. The van der Waals surface area contributed by atoms with Crippen molar-refractivity contribution in [3.63, 3.8) is 0 Å². The van der Waals surface area contributed by atoms with Gasteiger partial charge in [0.1, 0.15) is 17.1 Å². The van der Waals surface area contributed by atoms with E-state index in [0.29, 0.717) is 5.75 Å². The largest absolute Gasteiger partial charge is 0.507 e. The molecule has 0 fully saturated rings. The lowest BCUT2D eigenvalue weighted by molar-refractivity contribution is 0.0730. The van der Waals surface area contributed by atoms with E-state index in [1.807, 2.05) is 32.9 Å². The molecule has 0 amide bonds. The van der Waals surface area contributed by atoms with E-state index >= 15 is 0 Å². The van der Waals surface area contributed by atoms with Crippen LogP contribution in [-0.2, 0) is 0 Å². The van der Waals surface area contributed by atoms with Crippen molar-refractivity contribution < 1.29 is 14.6 Å². The Hall–Kier alpha value is -2.29. The van der Waals surface area contributed by atoms with Crippen LogP contribution in [0.1, 0.15) is 29.8 Å². The van der Waals surface area contributed by atoms with Gasteiger partial charge in [-0.15, -0.1) is 0 Å². The van der Waals surface area contributed by atoms with Crippen molar-refractivity contribution in [1.82, 2.24) is 0 Å². The van der Waals surface area contributed by atoms with Gasteiger partial charge in [0.15, 0.2) is 0 Å². The molecule has 1 N–H and O–H groups in total. The highest BCUT2D eigenvalue weighted by atomic mass is 16.5. The number of esters is 1. The van der Waals surface area contributed by atoms with Crippen LogP contribution < -0.4 is 4.74 Å². The van der Waals surface area contributed by atoms with Crippen molar-refractivity contribution in [3.05, 3.63) is 59.7 Å². The zero-order valence-electron chi connectivity index (χ0n) is 11.4. The van der Waals surface area contributed by atoms with Crippen LogP contribution >= 0.6 is 0 Å². The number of phenolic OH excluding ortho intramolecular Hbond substituents is 1. The van der Waals surface area contributed by atoms with Gasteiger partial charge >= 0.3 is 5.97 Å². The molecule has 0 bridgehead atoms. The van der Waals surface area contributed by atoms with E-state index in [4.69, 9.17) is 4.74 Å². The van der Waals surface area contributed by atoms with Crippen molar-refractivity contribution in [2.24, 2.45) is 0 Å². The first-order valence-corrected chi connectivity index (χ1v) is 6.24. The summed E-state index contributed by atoms with van der Waals surface area (Å²) < 4.78 is 5.21. The third-order valence-corrected chi connectivity index (χ3v) is 2.42. The maximum atomic E-state index is 11.8. The van der Waals surface area contributed by atoms with Crippen LogP contribution in [0.2, 0.25) is 0 Å². The quantitative estimate of drug-likeness (QED) is 0.655. The van der Waals surface area contributed by atoms with E-state index in [9.17, 15) is 9.90 Å². The molecule has 0 aliphatic heterocycles. The number of carbonyl (C=O) groups excluding carboxylic acids is 1. The lowest BCUT2D eigenvalue weighted by atomic mass is 10.2. The summed E-state index contributed by atoms with van der Waals surface area (Å²) in [5, 5.41) is 9.53. The number of phenols is 1. The Bertz CT molecular complexity index is 547. The number of aromatic hydroxyl groups is 1. The SMILES string of the molecule is CC.Cc1ccccc1OC(=O)c1ccccc1O. The molecule has 0 spiro atoms. The van der Waals surface area contributed by atoms with Gasteiger partial charge in [-0.05, 0) is 30.7 Å². The molecule has 3 nitrogen and oxygen atoms in total. The second-order valence-corrected chi connectivity index (χ2v) is 3.67. The normalized spacial score (nSPS) is 9.21. The smallest absolute Gasteiger partial charge is 0.347 e. The van der Waals surface area contributed by atoms with Gasteiger partial charge in [0.2, 0.25) is 0 Å². The van der Waals surface area contributed by atoms with E-state index in [0.717, 1.165) is 5.56 Å². The van der Waals surface area contributed by atoms with Gasteiger partial charge in [-0.3, -0.25) is 0 Å². The summed E-state index contributed by atoms with van der Waals surface area (Å²) in [6, 6.07) is 13.5. The molecule has 2 aromatic rings. The van der Waals surface area contributed by atoms with Crippen molar-refractivity contribution >= 4 is 5.97 Å². The summed E-state index contributed by atoms with van der Waals surface area (Å²) in [7, 11) is 0. The molecule has 0 radical (unpaired) electrons. The lowest BCUT2D eigenvalue weighted by Gasteiger charge is -2.07. The van der Waals surface area contributed by atoms with Crippen LogP contribution in [0.4, 0.5) is 0 Å². The van der Waals surface area contributed by atoms with Gasteiger partial charge in [-0.2, -0.15) is 0 Å². The van der Waals surface area contributed by atoms with Crippen LogP contribution in [0.3, 0.4) is 0 Å². The lowest BCUT2D eigenvalue weighted by Crippen LogP contribution is -2.09. The highest BCUT2D eigenvalue weighted by molar-refractivity contribution is 5.93. The van der Waals surface area contributed by atoms with Crippen LogP contribution in [0.15, 0.2) is 48.5 Å². The Balaban J connectivity index is 0.000000861. The van der Waals surface area contributed by atoms with Crippen LogP contribution in [0.25, 0.3) is 0 Å². The van der Waals surface area contributed by atoms with Crippen LogP contribution in [0.5, 0.6) is 11.5 Å². The van der Waals surface area contributed by atoms with Gasteiger partial charge in [-0.1, -0.05) is 44.2 Å². The minimum Gasteiger partial charge on any atom is -0.507 e. The molecule has 0 atom stereocenters. The van der Waals surface area contributed by atoms with E-state index in [2.05, 4.69) is 0 Å². The highest BCUT2D eigenvalue weighted by Gasteiger charge is 2.13. The van der Waals surface area contributed by atoms with Crippen LogP contribution in [0, 0.1) is 6.92 Å². The summed E-state index contributed by atoms with van der Waals surface area (Å²) in [6.07, 6.45) is 0. The number of ether oxygens (including phenoxy) is 1. The molecule has 0 heterocycles. The van der Waals surface area contributed by atoms with Crippen LogP contribution in [-0.4, -0.2) is 11.1 Å². The minimum atomic E-state index is -0.558. The fraction of sp³-hybridized carbons (Fsp3) is 0.188. The van der Waals surface area contributed by atoms with E-state index in [-0.39, 0.29) is 11.3 Å². The standard InChI is InChI=1S/C14H12O3.C2H6/c1-10-6-2-5-9-13(10)17-14(16)11-7-3-4-8-12(11)15;1-2/h2-9,15H,1H3;1-2H3. The predicted octanol–water partition coefficient (Wildman–Crippen LogP) is 3.95. The number of rotatable bonds is 2. The number of benzene rings is 2. The first-order valence-electron chi connectivity index (χ1n) is 6.24. The molecule has 0 saturated heterocycles. The van der Waals surface area contributed by atoms with Crippen molar-refractivity contribution in [1.29, 1.82) is 0 Å². The predicted molar refractivity (Wildman–Crippen MR) is 75.6 cm³/mol. The molecule has 0 aromatic heterocycles. The van der Waals surface area contributed by atoms with Crippen molar-refractivity contribution in [3.8, 4) is 11.5 Å². The molecule has 0 saturated carbocycles. The molecule has 100 valence electrons. The van der Waals surface area contributed by atoms with E-state index in [1.54, 1.807) is 24.3 Å². The average molecular weight is 258 g/mol. The number of hydrogen-bond acceptors (Lipinski definition) is 3. The molecular weight excluding hydrogens is 240 g/mol. The first-order chi connectivity index (χ1) is 9.18. The summed E-state index contributed by atoms with van der Waals surface area (Å²) in [6.45, 7) is 5.85. The molecule has 0 aliphatic rings. The fourth-order valence-electron chi connectivity index (χ4n) is 1.47. The molecular formula is C16H18O3. The number of para-hydroxylation sites is 2. The zero-order chi connectivity index (χ0) is 14.3. The minimum absolute atomic E-state index is 0.0777. The summed E-state index contributed by atoms with van der Waals surface area (Å²) >= 11 is 0. The molecule has 0 aliphatic carbocycles. The molecule has 2 aromatic carbocycles. The van der Waals surface area contributed by atoms with Gasteiger partial charge in [0, 0.05) is 0 Å². The third kappa shape index (κ3) is 3.85. The molecule has 19 heavy (non-hydrogen) atoms. The highest BCUT2D eigenvalue weighted by Crippen LogP contribution is 2.21. The number of aryl methyl sites for hydroxylation is 1. The van der Waals surface area contributed by atoms with Gasteiger partial charge in [-0.25, -0.2) is 4.79 Å². The van der Waals surface area contributed by atoms with Gasteiger partial charge in [0.25, 0.3) is 0 Å². The maximum absolute atomic E-state index is 11.8. The Morgan fingerprint density at radius 3 is 2.21 bits per heavy atom. The second kappa shape index (κ2) is 7.21.